The van der Waals surface area contributed by atoms with Gasteiger partial charge in [-0.3, -0.25) is 0 Å². The highest BCUT2D eigenvalue weighted by Gasteiger charge is 2.13. The first kappa shape index (κ1) is 15.6. The average molecular weight is 263 g/mol. The summed E-state index contributed by atoms with van der Waals surface area (Å²) >= 11 is 0. The standard InChI is InChI=1S/C16H25NO2/c1-6-7-11-19-15-13(12-17-16(2,3)4)9-8-10-14(15)18-5/h6-10,17H,11-12H2,1-5H3. The lowest BCUT2D eigenvalue weighted by Gasteiger charge is -2.22. The van der Waals surface area contributed by atoms with Gasteiger partial charge in [-0.15, -0.1) is 0 Å². The zero-order valence-electron chi connectivity index (χ0n) is 12.6. The molecule has 0 radical (unpaired) electrons. The molecule has 0 spiro atoms. The minimum Gasteiger partial charge on any atom is -0.493 e. The number of methoxy groups -OCH3 is 1. The Labute approximate surface area is 116 Å². The predicted molar refractivity (Wildman–Crippen MR) is 79.9 cm³/mol. The monoisotopic (exact) mass is 263 g/mol. The first-order valence-corrected chi connectivity index (χ1v) is 6.63. The Kier molecular flexibility index (Phi) is 5.90. The van der Waals surface area contributed by atoms with Crippen LogP contribution in [0.4, 0.5) is 0 Å². The summed E-state index contributed by atoms with van der Waals surface area (Å²) in [6.45, 7) is 9.73. The van der Waals surface area contributed by atoms with Crippen LogP contribution in [0.5, 0.6) is 11.5 Å². The van der Waals surface area contributed by atoms with Crippen molar-refractivity contribution in [2.45, 2.75) is 39.8 Å². The number of para-hydroxylation sites is 1. The van der Waals surface area contributed by atoms with Crippen LogP contribution in [0.25, 0.3) is 0 Å². The van der Waals surface area contributed by atoms with E-state index in [1.165, 1.54) is 0 Å². The maximum Gasteiger partial charge on any atom is 0.166 e. The van der Waals surface area contributed by atoms with Crippen LogP contribution in [0, 0.1) is 0 Å². The molecular formula is C16H25NO2. The molecule has 0 aromatic heterocycles. The summed E-state index contributed by atoms with van der Waals surface area (Å²) in [5.74, 6) is 1.59. The highest BCUT2D eigenvalue weighted by atomic mass is 16.5. The molecule has 1 aromatic carbocycles. The molecule has 0 bridgehead atoms. The van der Waals surface area contributed by atoms with Crippen molar-refractivity contribution in [1.82, 2.24) is 5.32 Å². The van der Waals surface area contributed by atoms with Crippen molar-refractivity contribution in [3.05, 3.63) is 35.9 Å². The van der Waals surface area contributed by atoms with E-state index in [-0.39, 0.29) is 5.54 Å². The molecule has 19 heavy (non-hydrogen) atoms. The van der Waals surface area contributed by atoms with Gasteiger partial charge in [0.15, 0.2) is 11.5 Å². The highest BCUT2D eigenvalue weighted by Crippen LogP contribution is 2.31. The fourth-order valence-corrected chi connectivity index (χ4v) is 1.61. The quantitative estimate of drug-likeness (QED) is 0.796. The van der Waals surface area contributed by atoms with Crippen LogP contribution in [0.2, 0.25) is 0 Å². The molecule has 1 rings (SSSR count). The minimum absolute atomic E-state index is 0.0731. The number of rotatable bonds is 6. The number of benzene rings is 1. The molecule has 3 nitrogen and oxygen atoms in total. The zero-order valence-corrected chi connectivity index (χ0v) is 12.6. The minimum atomic E-state index is 0.0731. The predicted octanol–water partition coefficient (Wildman–Crippen LogP) is 3.54. The van der Waals surface area contributed by atoms with Gasteiger partial charge in [0.25, 0.3) is 0 Å². The summed E-state index contributed by atoms with van der Waals surface area (Å²) in [7, 11) is 1.67. The number of hydrogen-bond acceptors (Lipinski definition) is 3. The molecule has 0 heterocycles. The maximum atomic E-state index is 5.81. The summed E-state index contributed by atoms with van der Waals surface area (Å²) in [5, 5.41) is 3.47. The topological polar surface area (TPSA) is 30.5 Å². The Bertz CT molecular complexity index is 419. The van der Waals surface area contributed by atoms with E-state index < -0.39 is 0 Å². The number of nitrogens with one attached hydrogen (secondary N) is 1. The van der Waals surface area contributed by atoms with Crippen molar-refractivity contribution in [2.24, 2.45) is 0 Å². The molecule has 0 aliphatic carbocycles. The third kappa shape index (κ3) is 5.35. The van der Waals surface area contributed by atoms with E-state index in [1.807, 2.05) is 31.2 Å². The van der Waals surface area contributed by atoms with Crippen molar-refractivity contribution < 1.29 is 9.47 Å². The molecule has 0 saturated carbocycles. The van der Waals surface area contributed by atoms with E-state index in [1.54, 1.807) is 7.11 Å². The fraction of sp³-hybridized carbons (Fsp3) is 0.500. The fourth-order valence-electron chi connectivity index (χ4n) is 1.61. The van der Waals surface area contributed by atoms with Crippen molar-refractivity contribution in [3.63, 3.8) is 0 Å². The van der Waals surface area contributed by atoms with Crippen molar-refractivity contribution in [2.75, 3.05) is 13.7 Å². The largest absolute Gasteiger partial charge is 0.493 e. The smallest absolute Gasteiger partial charge is 0.166 e. The molecule has 0 saturated heterocycles. The van der Waals surface area contributed by atoms with Crippen LogP contribution in [0.3, 0.4) is 0 Å². The third-order valence-electron chi connectivity index (χ3n) is 2.65. The van der Waals surface area contributed by atoms with E-state index in [0.717, 1.165) is 23.6 Å². The third-order valence-corrected chi connectivity index (χ3v) is 2.65. The van der Waals surface area contributed by atoms with E-state index in [9.17, 15) is 0 Å². The molecule has 106 valence electrons. The number of hydrogen-bond donors (Lipinski definition) is 1. The molecule has 0 atom stereocenters. The SMILES string of the molecule is CC=CCOc1c(CNC(C)(C)C)cccc1OC. The zero-order chi connectivity index (χ0) is 14.3. The lowest BCUT2D eigenvalue weighted by Crippen LogP contribution is -2.35. The lowest BCUT2D eigenvalue weighted by molar-refractivity contribution is 0.319. The van der Waals surface area contributed by atoms with Crippen LogP contribution in [-0.4, -0.2) is 19.3 Å². The second kappa shape index (κ2) is 7.19. The summed E-state index contributed by atoms with van der Waals surface area (Å²) in [5.41, 5.74) is 1.18. The van der Waals surface area contributed by atoms with Gasteiger partial charge in [-0.25, -0.2) is 0 Å². The summed E-state index contributed by atoms with van der Waals surface area (Å²) in [6, 6.07) is 5.97. The van der Waals surface area contributed by atoms with Crippen molar-refractivity contribution in [1.29, 1.82) is 0 Å². The van der Waals surface area contributed by atoms with E-state index >= 15 is 0 Å². The molecule has 0 aliphatic rings. The molecule has 0 fully saturated rings. The molecule has 1 aromatic rings. The van der Waals surface area contributed by atoms with Gasteiger partial charge in [0.1, 0.15) is 6.61 Å². The van der Waals surface area contributed by atoms with Gasteiger partial charge in [0, 0.05) is 17.6 Å². The van der Waals surface area contributed by atoms with Gasteiger partial charge < -0.3 is 14.8 Å². The number of ether oxygens (including phenoxy) is 2. The molecule has 0 amide bonds. The molecule has 0 aliphatic heterocycles. The highest BCUT2D eigenvalue weighted by molar-refractivity contribution is 5.46. The lowest BCUT2D eigenvalue weighted by atomic mass is 10.1. The van der Waals surface area contributed by atoms with Gasteiger partial charge in [0.2, 0.25) is 0 Å². The van der Waals surface area contributed by atoms with Crippen LogP contribution in [0.1, 0.15) is 33.3 Å². The van der Waals surface area contributed by atoms with Gasteiger partial charge in [-0.1, -0.05) is 24.3 Å². The van der Waals surface area contributed by atoms with Gasteiger partial charge in [-0.2, -0.15) is 0 Å². The van der Waals surface area contributed by atoms with E-state index in [4.69, 9.17) is 9.47 Å². The average Bonchev–Trinajstić information content (AvgIpc) is 2.36. The maximum absolute atomic E-state index is 5.81. The summed E-state index contributed by atoms with van der Waals surface area (Å²) < 4.78 is 11.2. The van der Waals surface area contributed by atoms with Crippen molar-refractivity contribution >= 4 is 0 Å². The van der Waals surface area contributed by atoms with E-state index in [2.05, 4.69) is 32.2 Å². The Morgan fingerprint density at radius 2 is 2.00 bits per heavy atom. The Hall–Kier alpha value is -1.48. The van der Waals surface area contributed by atoms with Crippen LogP contribution >= 0.6 is 0 Å². The molecule has 3 heteroatoms. The second-order valence-corrected chi connectivity index (χ2v) is 5.43. The van der Waals surface area contributed by atoms with Crippen LogP contribution < -0.4 is 14.8 Å². The normalized spacial score (nSPS) is 11.8. The molecule has 1 N–H and O–H groups in total. The Balaban J connectivity index is 2.88. The molecular weight excluding hydrogens is 238 g/mol. The van der Waals surface area contributed by atoms with Gasteiger partial charge >= 0.3 is 0 Å². The first-order valence-electron chi connectivity index (χ1n) is 6.63. The Morgan fingerprint density at radius 1 is 1.26 bits per heavy atom. The first-order chi connectivity index (χ1) is 8.98. The van der Waals surface area contributed by atoms with Gasteiger partial charge in [0.05, 0.1) is 7.11 Å². The van der Waals surface area contributed by atoms with Crippen molar-refractivity contribution in [3.8, 4) is 11.5 Å². The van der Waals surface area contributed by atoms with Crippen LogP contribution in [0.15, 0.2) is 30.4 Å². The molecule has 0 unspecified atom stereocenters. The Morgan fingerprint density at radius 3 is 2.58 bits per heavy atom. The second-order valence-electron chi connectivity index (χ2n) is 5.43. The van der Waals surface area contributed by atoms with E-state index in [0.29, 0.717) is 6.61 Å². The summed E-state index contributed by atoms with van der Waals surface area (Å²) in [6.07, 6.45) is 3.95. The number of allylic oxidation sites excluding steroid dienone is 1. The van der Waals surface area contributed by atoms with Crippen LogP contribution in [-0.2, 0) is 6.54 Å². The van der Waals surface area contributed by atoms with Gasteiger partial charge in [-0.05, 0) is 33.8 Å². The summed E-state index contributed by atoms with van der Waals surface area (Å²) in [4.78, 5) is 0.